The van der Waals surface area contributed by atoms with Crippen LogP contribution in [0.5, 0.6) is 0 Å². The smallest absolute Gasteiger partial charge is 0.223 e. The molecular weight excluding hydrogens is 228 g/mol. The Morgan fingerprint density at radius 2 is 2.00 bits per heavy atom. The second kappa shape index (κ2) is 6.02. The molecule has 0 aromatic carbocycles. The van der Waals surface area contributed by atoms with E-state index in [1.807, 2.05) is 0 Å². The Bertz CT molecular complexity index is 276. The normalized spacial score (nSPS) is 21.7. The molecule has 1 heterocycles. The lowest BCUT2D eigenvalue weighted by Crippen LogP contribution is -2.48. The maximum atomic E-state index is 12.0. The van der Waals surface area contributed by atoms with Crippen LogP contribution >= 0.6 is 0 Å². The molecule has 0 spiro atoms. The Hall–Kier alpha value is -0.610. The lowest BCUT2D eigenvalue weighted by Gasteiger charge is -2.34. The summed E-state index contributed by atoms with van der Waals surface area (Å²) in [4.78, 5) is 12.0. The van der Waals surface area contributed by atoms with E-state index in [2.05, 4.69) is 45.3 Å². The molecule has 4 nitrogen and oxygen atoms in total. The second-order valence-electron chi connectivity index (χ2n) is 7.07. The van der Waals surface area contributed by atoms with Crippen LogP contribution in [0.25, 0.3) is 0 Å². The highest BCUT2D eigenvalue weighted by atomic mass is 16.5. The summed E-state index contributed by atoms with van der Waals surface area (Å²) in [5.41, 5.74) is 0.0388. The van der Waals surface area contributed by atoms with E-state index in [-0.39, 0.29) is 23.0 Å². The molecule has 106 valence electrons. The monoisotopic (exact) mass is 256 g/mol. The highest BCUT2D eigenvalue weighted by Crippen LogP contribution is 2.26. The molecule has 1 atom stereocenters. The molecule has 0 saturated carbocycles. The molecule has 2 N–H and O–H groups in total. The van der Waals surface area contributed by atoms with Crippen LogP contribution in [0.2, 0.25) is 0 Å². The quantitative estimate of drug-likeness (QED) is 0.805. The SMILES string of the molecule is CC(C)(C)CC(C)(C)NC(=O)CC1CNCCO1. The van der Waals surface area contributed by atoms with Crippen LogP contribution in [-0.4, -0.2) is 37.2 Å². The fourth-order valence-electron chi connectivity index (χ4n) is 2.76. The number of carbonyl (C=O) groups is 1. The minimum Gasteiger partial charge on any atom is -0.375 e. The largest absolute Gasteiger partial charge is 0.375 e. The van der Waals surface area contributed by atoms with Gasteiger partial charge in [-0.1, -0.05) is 20.8 Å². The van der Waals surface area contributed by atoms with Crippen molar-refractivity contribution in [1.29, 1.82) is 0 Å². The zero-order valence-electron chi connectivity index (χ0n) is 12.4. The van der Waals surface area contributed by atoms with E-state index in [0.29, 0.717) is 13.0 Å². The molecule has 1 rings (SSSR count). The first-order valence-electron chi connectivity index (χ1n) is 6.81. The van der Waals surface area contributed by atoms with Crippen molar-refractivity contribution < 1.29 is 9.53 Å². The minimum absolute atomic E-state index is 0.0178. The lowest BCUT2D eigenvalue weighted by molar-refractivity contribution is -0.126. The van der Waals surface area contributed by atoms with Crippen LogP contribution in [0.4, 0.5) is 0 Å². The van der Waals surface area contributed by atoms with E-state index in [1.54, 1.807) is 0 Å². The average Bonchev–Trinajstić information content (AvgIpc) is 2.13. The fraction of sp³-hybridized carbons (Fsp3) is 0.929. The van der Waals surface area contributed by atoms with Crippen molar-refractivity contribution in [2.24, 2.45) is 5.41 Å². The highest BCUT2D eigenvalue weighted by molar-refractivity contribution is 5.77. The predicted molar refractivity (Wildman–Crippen MR) is 73.5 cm³/mol. The maximum absolute atomic E-state index is 12.0. The van der Waals surface area contributed by atoms with Crippen molar-refractivity contribution in [2.45, 2.75) is 59.1 Å². The van der Waals surface area contributed by atoms with Crippen LogP contribution in [0.1, 0.15) is 47.5 Å². The van der Waals surface area contributed by atoms with Gasteiger partial charge in [0.05, 0.1) is 19.1 Å². The number of ether oxygens (including phenoxy) is 1. The van der Waals surface area contributed by atoms with Crippen LogP contribution in [-0.2, 0) is 9.53 Å². The molecule has 1 aliphatic heterocycles. The zero-order valence-corrected chi connectivity index (χ0v) is 12.4. The first-order valence-corrected chi connectivity index (χ1v) is 6.81. The Morgan fingerprint density at radius 3 is 2.50 bits per heavy atom. The van der Waals surface area contributed by atoms with Crippen molar-refractivity contribution in [1.82, 2.24) is 10.6 Å². The first kappa shape index (κ1) is 15.4. The molecular formula is C14H28N2O2. The first-order chi connectivity index (χ1) is 8.18. The number of morpholine rings is 1. The number of nitrogens with one attached hydrogen (secondary N) is 2. The van der Waals surface area contributed by atoms with Gasteiger partial charge in [-0.3, -0.25) is 4.79 Å². The van der Waals surface area contributed by atoms with Crippen molar-refractivity contribution >= 4 is 5.91 Å². The predicted octanol–water partition coefficient (Wildman–Crippen LogP) is 1.70. The van der Waals surface area contributed by atoms with E-state index in [4.69, 9.17) is 4.74 Å². The topological polar surface area (TPSA) is 50.4 Å². The summed E-state index contributed by atoms with van der Waals surface area (Å²) in [5, 5.41) is 6.35. The Morgan fingerprint density at radius 1 is 1.33 bits per heavy atom. The average molecular weight is 256 g/mol. The summed E-state index contributed by atoms with van der Waals surface area (Å²) in [7, 11) is 0. The lowest BCUT2D eigenvalue weighted by atomic mass is 9.81. The summed E-state index contributed by atoms with van der Waals surface area (Å²) < 4.78 is 5.54. The zero-order chi connectivity index (χ0) is 13.8. The van der Waals surface area contributed by atoms with Crippen LogP contribution < -0.4 is 10.6 Å². The van der Waals surface area contributed by atoms with Gasteiger partial charge in [-0.15, -0.1) is 0 Å². The van der Waals surface area contributed by atoms with Gasteiger partial charge in [0.2, 0.25) is 5.91 Å². The molecule has 0 aliphatic carbocycles. The van der Waals surface area contributed by atoms with Gasteiger partial charge in [-0.25, -0.2) is 0 Å². The molecule has 1 unspecified atom stereocenters. The van der Waals surface area contributed by atoms with E-state index in [0.717, 1.165) is 19.5 Å². The third kappa shape index (κ3) is 6.36. The van der Waals surface area contributed by atoms with Gasteiger partial charge in [0.25, 0.3) is 0 Å². The Kier molecular flexibility index (Phi) is 5.17. The summed E-state index contributed by atoms with van der Waals surface area (Å²) >= 11 is 0. The number of hydrogen-bond donors (Lipinski definition) is 2. The molecule has 1 aliphatic rings. The molecule has 1 amide bonds. The van der Waals surface area contributed by atoms with Crippen molar-refractivity contribution in [3.05, 3.63) is 0 Å². The molecule has 0 aromatic heterocycles. The molecule has 18 heavy (non-hydrogen) atoms. The van der Waals surface area contributed by atoms with Crippen LogP contribution in [0.15, 0.2) is 0 Å². The van der Waals surface area contributed by atoms with Gasteiger partial charge in [-0.05, 0) is 25.7 Å². The minimum atomic E-state index is -0.169. The summed E-state index contributed by atoms with van der Waals surface area (Å²) in [6.07, 6.45) is 1.42. The van der Waals surface area contributed by atoms with Gasteiger partial charge < -0.3 is 15.4 Å². The molecule has 0 radical (unpaired) electrons. The Labute approximate surface area is 111 Å². The number of amides is 1. The number of rotatable bonds is 4. The van der Waals surface area contributed by atoms with Gasteiger partial charge in [0, 0.05) is 18.6 Å². The third-order valence-corrected chi connectivity index (χ3v) is 2.87. The summed E-state index contributed by atoms with van der Waals surface area (Å²) in [6, 6.07) is 0. The molecule has 4 heteroatoms. The van der Waals surface area contributed by atoms with Gasteiger partial charge >= 0.3 is 0 Å². The highest BCUT2D eigenvalue weighted by Gasteiger charge is 2.28. The van der Waals surface area contributed by atoms with Crippen molar-refractivity contribution in [3.63, 3.8) is 0 Å². The van der Waals surface area contributed by atoms with Crippen LogP contribution in [0, 0.1) is 5.41 Å². The maximum Gasteiger partial charge on any atom is 0.223 e. The van der Waals surface area contributed by atoms with Gasteiger partial charge in [0.1, 0.15) is 0 Å². The van der Waals surface area contributed by atoms with E-state index < -0.39 is 0 Å². The van der Waals surface area contributed by atoms with E-state index >= 15 is 0 Å². The van der Waals surface area contributed by atoms with Crippen LogP contribution in [0.3, 0.4) is 0 Å². The molecule has 1 saturated heterocycles. The van der Waals surface area contributed by atoms with Crippen molar-refractivity contribution in [3.8, 4) is 0 Å². The van der Waals surface area contributed by atoms with Crippen molar-refractivity contribution in [2.75, 3.05) is 19.7 Å². The van der Waals surface area contributed by atoms with Gasteiger partial charge in [0.15, 0.2) is 0 Å². The van der Waals surface area contributed by atoms with Gasteiger partial charge in [-0.2, -0.15) is 0 Å². The number of carbonyl (C=O) groups excluding carboxylic acids is 1. The molecule has 1 fully saturated rings. The number of hydrogen-bond acceptors (Lipinski definition) is 3. The summed E-state index contributed by atoms with van der Waals surface area (Å²) in [6.45, 7) is 13.1. The molecule has 0 bridgehead atoms. The molecule has 0 aromatic rings. The third-order valence-electron chi connectivity index (χ3n) is 2.87. The standard InChI is InChI=1S/C14H28N2O2/c1-13(2,3)10-14(4,5)16-12(17)8-11-9-15-6-7-18-11/h11,15H,6-10H2,1-5H3,(H,16,17). The second-order valence-corrected chi connectivity index (χ2v) is 7.07. The van der Waals surface area contributed by atoms with E-state index in [9.17, 15) is 4.79 Å². The fourth-order valence-corrected chi connectivity index (χ4v) is 2.76. The Balaban J connectivity index is 2.38. The summed E-state index contributed by atoms with van der Waals surface area (Å²) in [5.74, 6) is 0.0814. The van der Waals surface area contributed by atoms with E-state index in [1.165, 1.54) is 0 Å².